The van der Waals surface area contributed by atoms with Crippen molar-refractivity contribution in [3.8, 4) is 0 Å². The second kappa shape index (κ2) is 5.68. The second-order valence-electron chi connectivity index (χ2n) is 6.94. The molecule has 1 aromatic carbocycles. The lowest BCUT2D eigenvalue weighted by molar-refractivity contribution is -0.132. The quantitative estimate of drug-likeness (QED) is 0.867. The van der Waals surface area contributed by atoms with Crippen LogP contribution in [0.4, 0.5) is 4.79 Å². The zero-order valence-corrected chi connectivity index (χ0v) is 14.3. The molecular weight excluding hydrogens is 320 g/mol. The first kappa shape index (κ1) is 15.8. The molecule has 1 aliphatic carbocycles. The molecule has 1 spiro atoms. The molecule has 0 radical (unpaired) electrons. The number of hydrogen-bond donors (Lipinski definition) is 1. The van der Waals surface area contributed by atoms with Crippen molar-refractivity contribution in [2.24, 2.45) is 0 Å². The Hall–Kier alpha value is -2.70. The minimum atomic E-state index is -0.965. The highest BCUT2D eigenvalue weighted by molar-refractivity contribution is 6.07. The van der Waals surface area contributed by atoms with Crippen molar-refractivity contribution in [1.82, 2.24) is 20.4 Å². The summed E-state index contributed by atoms with van der Waals surface area (Å²) in [5.74, 6) is 0.722. The Morgan fingerprint density at radius 2 is 2.12 bits per heavy atom. The first-order valence-electron chi connectivity index (χ1n) is 8.56. The Labute approximate surface area is 145 Å². The molecule has 3 amide bonds. The molecule has 130 valence electrons. The lowest BCUT2D eigenvalue weighted by Crippen LogP contribution is -2.46. The average Bonchev–Trinajstić information content (AvgIpc) is 3.16. The first-order chi connectivity index (χ1) is 12.0. The van der Waals surface area contributed by atoms with E-state index in [1.165, 1.54) is 4.90 Å². The third-order valence-corrected chi connectivity index (χ3v) is 4.94. The Morgan fingerprint density at radius 1 is 1.32 bits per heavy atom. The van der Waals surface area contributed by atoms with Gasteiger partial charge in [-0.2, -0.15) is 4.98 Å². The molecule has 1 saturated heterocycles. The number of imide groups is 1. The van der Waals surface area contributed by atoms with Crippen LogP contribution in [0.3, 0.4) is 0 Å². The molecule has 2 aromatic rings. The number of benzene rings is 1. The van der Waals surface area contributed by atoms with Gasteiger partial charge in [0.15, 0.2) is 5.82 Å². The van der Waals surface area contributed by atoms with Crippen LogP contribution in [0.25, 0.3) is 0 Å². The van der Waals surface area contributed by atoms with Crippen LogP contribution in [0, 0.1) is 0 Å². The van der Waals surface area contributed by atoms with Crippen LogP contribution in [-0.4, -0.2) is 27.0 Å². The van der Waals surface area contributed by atoms with Crippen LogP contribution < -0.4 is 5.32 Å². The summed E-state index contributed by atoms with van der Waals surface area (Å²) < 4.78 is 5.19. The number of fused-ring (bicyclic) bond motifs is 2. The van der Waals surface area contributed by atoms with E-state index in [1.54, 1.807) is 0 Å². The molecule has 2 aliphatic rings. The van der Waals surface area contributed by atoms with E-state index < -0.39 is 11.6 Å². The number of amides is 3. The van der Waals surface area contributed by atoms with Gasteiger partial charge in [-0.05, 0) is 30.4 Å². The summed E-state index contributed by atoms with van der Waals surface area (Å²) in [6.07, 6.45) is 2.38. The zero-order valence-electron chi connectivity index (χ0n) is 14.3. The predicted molar refractivity (Wildman–Crippen MR) is 88.5 cm³/mol. The first-order valence-corrected chi connectivity index (χ1v) is 8.56. The van der Waals surface area contributed by atoms with Crippen LogP contribution in [0.5, 0.6) is 0 Å². The number of carbonyl (C=O) groups is 2. The van der Waals surface area contributed by atoms with E-state index in [4.69, 9.17) is 4.52 Å². The maximum absolute atomic E-state index is 13.2. The predicted octanol–water partition coefficient (Wildman–Crippen LogP) is 2.48. The summed E-state index contributed by atoms with van der Waals surface area (Å²) >= 11 is 0. The maximum atomic E-state index is 13.2. The van der Waals surface area contributed by atoms with Gasteiger partial charge >= 0.3 is 6.03 Å². The Kier molecular flexibility index (Phi) is 3.59. The fraction of sp³-hybridized carbons (Fsp3) is 0.444. The molecule has 1 N–H and O–H groups in total. The average molecular weight is 340 g/mol. The monoisotopic (exact) mass is 340 g/mol. The molecule has 1 fully saturated rings. The van der Waals surface area contributed by atoms with Crippen molar-refractivity contribution in [2.45, 2.75) is 51.1 Å². The lowest BCUT2D eigenvalue weighted by Gasteiger charge is -2.33. The van der Waals surface area contributed by atoms with Gasteiger partial charge in [-0.3, -0.25) is 9.69 Å². The van der Waals surface area contributed by atoms with Gasteiger partial charge in [0, 0.05) is 5.92 Å². The molecule has 2 heterocycles. The fourth-order valence-electron chi connectivity index (χ4n) is 3.66. The van der Waals surface area contributed by atoms with E-state index in [-0.39, 0.29) is 24.3 Å². The van der Waals surface area contributed by atoms with Crippen LogP contribution in [0.2, 0.25) is 0 Å². The topological polar surface area (TPSA) is 88.3 Å². The van der Waals surface area contributed by atoms with Crippen LogP contribution in [-0.2, 0) is 23.3 Å². The molecule has 7 heteroatoms. The van der Waals surface area contributed by atoms with Crippen LogP contribution in [0.1, 0.15) is 55.4 Å². The van der Waals surface area contributed by atoms with Crippen LogP contribution in [0.15, 0.2) is 28.8 Å². The Morgan fingerprint density at radius 3 is 2.88 bits per heavy atom. The number of rotatable bonds is 3. The van der Waals surface area contributed by atoms with Gasteiger partial charge < -0.3 is 9.84 Å². The Bertz CT molecular complexity index is 844. The third kappa shape index (κ3) is 2.42. The maximum Gasteiger partial charge on any atom is 0.325 e. The molecule has 0 unspecified atom stereocenters. The molecule has 1 aliphatic heterocycles. The molecule has 4 rings (SSSR count). The molecule has 25 heavy (non-hydrogen) atoms. The highest BCUT2D eigenvalue weighted by Crippen LogP contribution is 2.40. The lowest BCUT2D eigenvalue weighted by atomic mass is 9.76. The van der Waals surface area contributed by atoms with Gasteiger partial charge in [-0.15, -0.1) is 0 Å². The van der Waals surface area contributed by atoms with Gasteiger partial charge in [-0.25, -0.2) is 4.79 Å². The second-order valence-corrected chi connectivity index (χ2v) is 6.94. The number of nitrogens with zero attached hydrogens (tertiary/aromatic N) is 3. The van der Waals surface area contributed by atoms with E-state index in [9.17, 15) is 9.59 Å². The van der Waals surface area contributed by atoms with Crippen molar-refractivity contribution >= 4 is 11.9 Å². The van der Waals surface area contributed by atoms with Crippen molar-refractivity contribution in [3.05, 3.63) is 47.1 Å². The minimum absolute atomic E-state index is 0.00565. The highest BCUT2D eigenvalue weighted by atomic mass is 16.5. The van der Waals surface area contributed by atoms with E-state index in [2.05, 4.69) is 15.5 Å². The number of hydrogen-bond acceptors (Lipinski definition) is 5. The standard InChI is InChI=1S/C18H20N4O3/c1-11(2)15-19-14(25-21-15)10-22-16(23)18(20-17(22)24)9-5-7-12-6-3-4-8-13(12)18/h3-4,6,8,11H,5,7,9-10H2,1-2H3,(H,20,24)/t18-/m0/s1. The fourth-order valence-corrected chi connectivity index (χ4v) is 3.66. The van der Waals surface area contributed by atoms with Gasteiger partial charge in [0.2, 0.25) is 5.89 Å². The summed E-state index contributed by atoms with van der Waals surface area (Å²) in [5, 5.41) is 6.81. The number of nitrogens with one attached hydrogen (secondary N) is 1. The Balaban J connectivity index is 1.65. The van der Waals surface area contributed by atoms with E-state index in [1.807, 2.05) is 38.1 Å². The third-order valence-electron chi connectivity index (χ3n) is 4.94. The summed E-state index contributed by atoms with van der Waals surface area (Å²) in [7, 11) is 0. The SMILES string of the molecule is CC(C)c1noc(CN2C(=O)N[C@]3(CCCc4ccccc43)C2=O)n1. The van der Waals surface area contributed by atoms with Crippen LogP contribution >= 0.6 is 0 Å². The summed E-state index contributed by atoms with van der Waals surface area (Å²) in [6.45, 7) is 3.90. The van der Waals surface area contributed by atoms with E-state index >= 15 is 0 Å². The van der Waals surface area contributed by atoms with Crippen molar-refractivity contribution in [3.63, 3.8) is 0 Å². The summed E-state index contributed by atoms with van der Waals surface area (Å²) in [4.78, 5) is 31.1. The van der Waals surface area contributed by atoms with Gasteiger partial charge in [0.1, 0.15) is 12.1 Å². The largest absolute Gasteiger partial charge is 0.337 e. The molecule has 1 aromatic heterocycles. The molecule has 7 nitrogen and oxygen atoms in total. The van der Waals surface area contributed by atoms with Gasteiger partial charge in [-0.1, -0.05) is 43.3 Å². The zero-order chi connectivity index (χ0) is 17.6. The minimum Gasteiger partial charge on any atom is -0.337 e. The smallest absolute Gasteiger partial charge is 0.325 e. The summed E-state index contributed by atoms with van der Waals surface area (Å²) in [6, 6.07) is 7.40. The van der Waals surface area contributed by atoms with Crippen molar-refractivity contribution < 1.29 is 14.1 Å². The number of urea groups is 1. The van der Waals surface area contributed by atoms with Gasteiger partial charge in [0.25, 0.3) is 5.91 Å². The molecule has 0 saturated carbocycles. The van der Waals surface area contributed by atoms with Crippen molar-refractivity contribution in [2.75, 3.05) is 0 Å². The molecule has 0 bridgehead atoms. The van der Waals surface area contributed by atoms with Crippen molar-refractivity contribution in [1.29, 1.82) is 0 Å². The van der Waals surface area contributed by atoms with E-state index in [0.717, 1.165) is 24.0 Å². The number of carbonyl (C=O) groups excluding carboxylic acids is 2. The van der Waals surface area contributed by atoms with Gasteiger partial charge in [0.05, 0.1) is 0 Å². The highest BCUT2D eigenvalue weighted by Gasteiger charge is 2.54. The molecule has 1 atom stereocenters. The summed E-state index contributed by atoms with van der Waals surface area (Å²) in [5.41, 5.74) is 1.05. The molecular formula is C18H20N4O3. The number of aromatic nitrogens is 2. The normalized spacial score (nSPS) is 22.6. The number of aryl methyl sites for hydroxylation is 1. The van der Waals surface area contributed by atoms with E-state index in [0.29, 0.717) is 12.2 Å².